The first-order valence-electron chi connectivity index (χ1n) is 3.83. The number of Topliss-reactive ketones (excluding diaryl/α,β-unsaturated/α-hetero) is 1. The summed E-state index contributed by atoms with van der Waals surface area (Å²) in [5, 5.41) is 0. The van der Waals surface area contributed by atoms with Gasteiger partial charge in [-0.05, 0) is 20.3 Å². The van der Waals surface area contributed by atoms with E-state index in [-0.39, 0.29) is 29.0 Å². The van der Waals surface area contributed by atoms with Gasteiger partial charge in [-0.3, -0.25) is 4.79 Å². The molecule has 18 heavy (non-hydrogen) atoms. The Balaban J connectivity index is -0.0000000700. The first-order valence-corrected chi connectivity index (χ1v) is 3.83. The zero-order chi connectivity index (χ0) is 14.7. The van der Waals surface area contributed by atoms with E-state index in [9.17, 15) is 9.59 Å². The topological polar surface area (TPSA) is 103 Å². The van der Waals surface area contributed by atoms with Gasteiger partial charge in [0.1, 0.15) is 5.78 Å². The Morgan fingerprint density at radius 2 is 1.61 bits per heavy atom. The minimum absolute atomic E-state index is 0. The van der Waals surface area contributed by atoms with Crippen LogP contribution in [0.25, 0.3) is 0 Å². The van der Waals surface area contributed by atoms with Gasteiger partial charge in [0.2, 0.25) is 0 Å². The molecule has 0 bridgehead atoms. The number of carbonyl (C=O) groups excluding carboxylic acids is 2. The summed E-state index contributed by atoms with van der Waals surface area (Å²) in [6.45, 7) is 17.9. The van der Waals surface area contributed by atoms with Crippen LogP contribution in [0.5, 0.6) is 0 Å². The van der Waals surface area contributed by atoms with E-state index in [0.717, 1.165) is 0 Å². The summed E-state index contributed by atoms with van der Waals surface area (Å²) in [6, 6.07) is 0. The Bertz CT molecular complexity index is 219. The minimum atomic E-state index is -0.330. The third-order valence-corrected chi connectivity index (χ3v) is 0.947. The Morgan fingerprint density at radius 3 is 1.89 bits per heavy atom. The van der Waals surface area contributed by atoms with Gasteiger partial charge in [0.25, 0.3) is 0 Å². The molecule has 0 aliphatic rings. The van der Waals surface area contributed by atoms with E-state index in [1.807, 2.05) is 0 Å². The molecule has 0 aromatic heterocycles. The van der Waals surface area contributed by atoms with Crippen molar-refractivity contribution in [1.82, 2.24) is 0 Å². The molecular formula is C11H10FeO6-. The van der Waals surface area contributed by atoms with Gasteiger partial charge in [-0.15, -0.1) is 0 Å². The zero-order valence-electron chi connectivity index (χ0n) is 9.61. The predicted molar refractivity (Wildman–Crippen MR) is 51.6 cm³/mol. The monoisotopic (exact) mass is 294 g/mol. The maximum atomic E-state index is 10.4. The molecule has 0 aromatic carbocycles. The molecule has 0 aliphatic carbocycles. The smallest absolute Gasteiger partial charge is 0 e. The fourth-order valence-electron chi connectivity index (χ4n) is 0.463. The van der Waals surface area contributed by atoms with Crippen LogP contribution in [0.3, 0.4) is 0 Å². The van der Waals surface area contributed by atoms with E-state index in [1.54, 1.807) is 19.8 Å². The fraction of sp³-hybridized carbons (Fsp3) is 0.273. The van der Waals surface area contributed by atoms with Crippen molar-refractivity contribution in [1.29, 1.82) is 0 Å². The molecule has 0 amide bonds. The second-order valence-electron chi connectivity index (χ2n) is 2.07. The van der Waals surface area contributed by atoms with Gasteiger partial charge in [0, 0.05) is 29.9 Å². The van der Waals surface area contributed by atoms with Gasteiger partial charge in [-0.1, -0.05) is 6.47 Å². The maximum absolute atomic E-state index is 10.4. The van der Waals surface area contributed by atoms with Crippen LogP contribution in [0, 0.1) is 39.2 Å². The van der Waals surface area contributed by atoms with Crippen LogP contribution in [-0.2, 0) is 45.4 Å². The molecule has 0 heterocycles. The summed E-state index contributed by atoms with van der Waals surface area (Å²) in [4.78, 5) is 20.0. The number of carbonyl (C=O) groups is 1. The second-order valence-corrected chi connectivity index (χ2v) is 2.07. The van der Waals surface area contributed by atoms with Crippen molar-refractivity contribution < 1.29 is 45.4 Å². The number of ketones is 1. The van der Waals surface area contributed by atoms with E-state index < -0.39 is 0 Å². The quantitative estimate of drug-likeness (QED) is 0.406. The van der Waals surface area contributed by atoms with Crippen molar-refractivity contribution in [2.45, 2.75) is 20.0 Å². The standard InChI is InChI=1S/C8H10O3.3CO.Fe/c1-7(10)4-3-5-8(2)11-6-9;3*1-2;/h3-5,8H,1-2H3;;;;/q-1;;;;. The second kappa shape index (κ2) is 36.0. The summed E-state index contributed by atoms with van der Waals surface area (Å²) >= 11 is 0. The van der Waals surface area contributed by atoms with Crippen LogP contribution >= 0.6 is 0 Å². The van der Waals surface area contributed by atoms with Gasteiger partial charge in [-0.25, -0.2) is 0 Å². The van der Waals surface area contributed by atoms with Crippen LogP contribution in [0.15, 0.2) is 0 Å². The number of rotatable bonds is 6. The maximum Gasteiger partial charge on any atom is 0 e. The molecular weight excluding hydrogens is 284 g/mol. The van der Waals surface area contributed by atoms with Crippen molar-refractivity contribution in [3.8, 4) is 0 Å². The van der Waals surface area contributed by atoms with Crippen molar-refractivity contribution >= 4 is 12.3 Å². The number of hydrogen-bond acceptors (Lipinski definition) is 3. The van der Waals surface area contributed by atoms with Crippen LogP contribution < -0.4 is 0 Å². The molecule has 6 nitrogen and oxygen atoms in total. The van der Waals surface area contributed by atoms with Crippen molar-refractivity contribution in [2.75, 3.05) is 0 Å². The average molecular weight is 294 g/mol. The molecule has 0 aromatic rings. The molecule has 99 valence electrons. The molecule has 0 spiro atoms. The SMILES string of the molecule is CC(=O)[CH][CH][CH]C(C)O[C-]=O.[C-]#[O+].[C-]#[O+].[C-]#[O+].[Fe]. The molecule has 1 atom stereocenters. The summed E-state index contributed by atoms with van der Waals surface area (Å²) in [5.74, 6) is -0.0384. The number of hydrogen-bond donors (Lipinski definition) is 0. The third-order valence-electron chi connectivity index (χ3n) is 0.947. The summed E-state index contributed by atoms with van der Waals surface area (Å²) in [7, 11) is 0. The van der Waals surface area contributed by atoms with Gasteiger partial charge < -0.3 is 9.53 Å². The third kappa shape index (κ3) is 46.2. The van der Waals surface area contributed by atoms with Crippen molar-refractivity contribution in [3.05, 3.63) is 39.2 Å². The van der Waals surface area contributed by atoms with E-state index in [0.29, 0.717) is 0 Å². The molecule has 0 fully saturated rings. The van der Waals surface area contributed by atoms with Crippen LogP contribution in [-0.4, -0.2) is 18.4 Å². The Kier molecular flexibility index (Phi) is 60.4. The Hall–Kier alpha value is -1.12. The predicted octanol–water partition coefficient (Wildman–Crippen LogP) is 0.546. The van der Waals surface area contributed by atoms with E-state index in [4.69, 9.17) is 14.0 Å². The molecule has 0 rings (SSSR count). The number of ether oxygens (including phenoxy) is 1. The normalized spacial score (nSPS) is 7.78. The van der Waals surface area contributed by atoms with E-state index >= 15 is 0 Å². The molecule has 0 saturated carbocycles. The first-order chi connectivity index (χ1) is 8.16. The van der Waals surface area contributed by atoms with Crippen LogP contribution in [0.4, 0.5) is 0 Å². The summed E-state index contributed by atoms with van der Waals surface area (Å²) < 4.78 is 26.9. The van der Waals surface area contributed by atoms with Crippen LogP contribution in [0.2, 0.25) is 0 Å². The molecule has 0 N–H and O–H groups in total. The average Bonchev–Trinajstić information content (AvgIpc) is 2.36. The molecule has 3 radical (unpaired) electrons. The van der Waals surface area contributed by atoms with Gasteiger partial charge in [-0.2, -0.15) is 0 Å². The van der Waals surface area contributed by atoms with E-state index in [2.05, 4.69) is 24.7 Å². The summed E-state index contributed by atoms with van der Waals surface area (Å²) in [5.41, 5.74) is 0. The zero-order valence-corrected chi connectivity index (χ0v) is 10.7. The van der Waals surface area contributed by atoms with Gasteiger partial charge in [0.15, 0.2) is 0 Å². The largest absolute Gasteiger partial charge is 0 e. The fourth-order valence-corrected chi connectivity index (χ4v) is 0.463. The van der Waals surface area contributed by atoms with Gasteiger partial charge >= 0.3 is 33.9 Å². The molecule has 0 saturated heterocycles. The Labute approximate surface area is 117 Å². The summed E-state index contributed by atoms with van der Waals surface area (Å²) in [6.07, 6.45) is 4.20. The molecule has 1 unspecified atom stereocenters. The van der Waals surface area contributed by atoms with Crippen molar-refractivity contribution in [2.24, 2.45) is 0 Å². The Morgan fingerprint density at radius 1 is 1.22 bits per heavy atom. The minimum Gasteiger partial charge on any atom is 0 e. The van der Waals surface area contributed by atoms with Gasteiger partial charge in [0.05, 0.1) is 6.10 Å². The molecule has 7 heteroatoms. The van der Waals surface area contributed by atoms with Crippen LogP contribution in [0.1, 0.15) is 13.8 Å². The first kappa shape index (κ1) is 30.2. The van der Waals surface area contributed by atoms with E-state index in [1.165, 1.54) is 19.8 Å². The van der Waals surface area contributed by atoms with Crippen molar-refractivity contribution in [3.63, 3.8) is 0 Å². The molecule has 0 aliphatic heterocycles.